The van der Waals surface area contributed by atoms with Crippen LogP contribution in [0.2, 0.25) is 0 Å². The van der Waals surface area contributed by atoms with Crippen LogP contribution in [0.5, 0.6) is 0 Å². The third-order valence-electron chi connectivity index (χ3n) is 4.59. The second-order valence-electron chi connectivity index (χ2n) is 8.02. The molecule has 0 spiro atoms. The van der Waals surface area contributed by atoms with Crippen LogP contribution < -0.4 is 20.4 Å². The molecule has 264 valence electrons. The molecule has 12 atom stereocenters. The van der Waals surface area contributed by atoms with E-state index < -0.39 is 124 Å². The molecule has 0 aliphatic carbocycles. The van der Waals surface area contributed by atoms with Crippen LogP contribution in [0, 0.1) is 0 Å². The molecule has 0 amide bonds. The summed E-state index contributed by atoms with van der Waals surface area (Å²) < 4.78 is 0. The molecule has 0 unspecified atom stereocenters. The molecular weight excluding hydrogens is 704 g/mol. The third-order valence-corrected chi connectivity index (χ3v) is 4.59. The van der Waals surface area contributed by atoms with Gasteiger partial charge in [0.2, 0.25) is 0 Å². The van der Waals surface area contributed by atoms with Crippen LogP contribution in [0.3, 0.4) is 0 Å². The molecule has 0 aromatic rings. The van der Waals surface area contributed by atoms with Gasteiger partial charge in [-0.2, -0.15) is 0 Å². The molecule has 16 N–H and O–H groups in total. The van der Waals surface area contributed by atoms with E-state index in [0.717, 1.165) is 0 Å². The van der Waals surface area contributed by atoms with Gasteiger partial charge in [-0.05, 0) is 0 Å². The first-order valence-electron chi connectivity index (χ1n) is 11.5. The zero-order chi connectivity index (χ0) is 36.1. The van der Waals surface area contributed by atoms with Crippen molar-refractivity contribution in [2.24, 2.45) is 0 Å². The standard InChI is InChI=1S/4C5H10O6.2Ca/c4*6-1-2(7)3(8)4(9)5(10)11;;/h4*2-4,6-9H,1H2,(H,10,11);;/q;;;;2*+2/p-4/t4*2-,3+,4-;;/m1111../s1. The molecule has 0 saturated carbocycles. The molecule has 0 rings (SSSR count). The number of aliphatic hydroxyl groups excluding tert-OH is 16. The first kappa shape index (κ1) is 58.0. The van der Waals surface area contributed by atoms with Crippen molar-refractivity contribution in [3.05, 3.63) is 0 Å². The second-order valence-corrected chi connectivity index (χ2v) is 8.02. The summed E-state index contributed by atoms with van der Waals surface area (Å²) in [5, 5.41) is 175. The van der Waals surface area contributed by atoms with E-state index in [4.69, 9.17) is 81.7 Å². The minimum absolute atomic E-state index is 0. The Hall–Kier alpha value is -0.241. The molecule has 0 aliphatic heterocycles. The number of carbonyl (C=O) groups excluding carboxylic acids is 4. The number of carboxylic acid groups (broad SMARTS) is 4. The molecule has 24 nitrogen and oxygen atoms in total. The van der Waals surface area contributed by atoms with Gasteiger partial charge in [-0.15, -0.1) is 0 Å². The van der Waals surface area contributed by atoms with E-state index in [1.54, 1.807) is 0 Å². The quantitative estimate of drug-likeness (QED) is 0.0653. The van der Waals surface area contributed by atoms with Crippen molar-refractivity contribution in [2.75, 3.05) is 26.4 Å². The van der Waals surface area contributed by atoms with Crippen LogP contribution in [0.1, 0.15) is 0 Å². The smallest absolute Gasteiger partial charge is 0.547 e. The van der Waals surface area contributed by atoms with Crippen molar-refractivity contribution in [3.8, 4) is 0 Å². The maximum atomic E-state index is 9.85. The van der Waals surface area contributed by atoms with E-state index in [2.05, 4.69) is 0 Å². The molecule has 46 heavy (non-hydrogen) atoms. The Balaban J connectivity index is -0.000000114. The number of rotatable bonds is 16. The Bertz CT molecular complexity index is 680. The number of carbonyl (C=O) groups is 4. The topological polar surface area (TPSA) is 484 Å². The summed E-state index contributed by atoms with van der Waals surface area (Å²) in [5.41, 5.74) is 0. The fraction of sp³-hybridized carbons (Fsp3) is 0.800. The Morgan fingerprint density at radius 2 is 0.457 bits per heavy atom. The van der Waals surface area contributed by atoms with E-state index in [9.17, 15) is 39.6 Å². The molecule has 0 aliphatic rings. The summed E-state index contributed by atoms with van der Waals surface area (Å²) in [7, 11) is 0. The van der Waals surface area contributed by atoms with Gasteiger partial charge in [0.15, 0.2) is 0 Å². The molecule has 0 saturated heterocycles. The van der Waals surface area contributed by atoms with Crippen molar-refractivity contribution in [1.29, 1.82) is 0 Å². The summed E-state index contributed by atoms with van der Waals surface area (Å²) in [5.74, 6) is -7.59. The van der Waals surface area contributed by atoms with Gasteiger partial charge < -0.3 is 121 Å². The van der Waals surface area contributed by atoms with Gasteiger partial charge in [-0.3, -0.25) is 0 Å². The SMILES string of the molecule is O=C([O-])[C@H](O)[C@@H](O)[C@H](O)CO.O=C([O-])[C@H](O)[C@@H](O)[C@H](O)CO.O=C([O-])[C@H](O)[C@@H](O)[C@H](O)CO.O=C([O-])[C@H](O)[C@@H](O)[C@H](O)CO.[Ca+2].[Ca+2]. The van der Waals surface area contributed by atoms with E-state index >= 15 is 0 Å². The Kier molecular flexibility index (Phi) is 40.3. The van der Waals surface area contributed by atoms with Gasteiger partial charge >= 0.3 is 75.5 Å². The van der Waals surface area contributed by atoms with Gasteiger partial charge in [0, 0.05) is 0 Å². The first-order chi connectivity index (χ1) is 20.0. The third kappa shape index (κ3) is 25.7. The molecule has 0 fully saturated rings. The van der Waals surface area contributed by atoms with Crippen molar-refractivity contribution in [3.63, 3.8) is 0 Å². The maximum Gasteiger partial charge on any atom is 2.00 e. The molecule has 0 radical (unpaired) electrons. The van der Waals surface area contributed by atoms with Crippen molar-refractivity contribution in [2.45, 2.75) is 73.2 Å². The average Bonchev–Trinajstić information content (AvgIpc) is 3.00. The molecule has 0 aromatic carbocycles. The van der Waals surface area contributed by atoms with Crippen LogP contribution in [-0.2, 0) is 19.2 Å². The van der Waals surface area contributed by atoms with Crippen LogP contribution >= 0.6 is 0 Å². The summed E-state index contributed by atoms with van der Waals surface area (Å²) in [6, 6.07) is 0. The summed E-state index contributed by atoms with van der Waals surface area (Å²) in [6.45, 7) is -3.31. The van der Waals surface area contributed by atoms with Crippen molar-refractivity contribution in [1.82, 2.24) is 0 Å². The van der Waals surface area contributed by atoms with Crippen LogP contribution in [0.4, 0.5) is 0 Å². The molecule has 0 heterocycles. The Labute approximate surface area is 317 Å². The minimum atomic E-state index is -2.18. The molecular formula is C20H36Ca2O24. The zero-order valence-electron chi connectivity index (χ0n) is 23.6. The van der Waals surface area contributed by atoms with Crippen molar-refractivity contribution < 1.29 is 121 Å². The van der Waals surface area contributed by atoms with Crippen molar-refractivity contribution >= 4 is 99.4 Å². The predicted octanol–water partition coefficient (Wildman–Crippen LogP) is -17.5. The monoisotopic (exact) mass is 740 g/mol. The van der Waals surface area contributed by atoms with Crippen LogP contribution in [0.25, 0.3) is 0 Å². The average molecular weight is 741 g/mol. The number of carboxylic acids is 4. The van der Waals surface area contributed by atoms with E-state index in [1.807, 2.05) is 0 Å². The largest absolute Gasteiger partial charge is 2.00 e. The maximum absolute atomic E-state index is 9.85. The Morgan fingerprint density at radius 3 is 0.522 bits per heavy atom. The van der Waals surface area contributed by atoms with Crippen LogP contribution in [-0.4, -0.2) is 281 Å². The minimum Gasteiger partial charge on any atom is -0.547 e. The van der Waals surface area contributed by atoms with Gasteiger partial charge in [0.05, 0.1) is 50.3 Å². The second kappa shape index (κ2) is 32.0. The summed E-state index contributed by atoms with van der Waals surface area (Å²) in [6.07, 6.45) is -23.1. The van der Waals surface area contributed by atoms with E-state index in [-0.39, 0.29) is 75.5 Å². The summed E-state index contributed by atoms with van der Waals surface area (Å²) >= 11 is 0. The first-order valence-corrected chi connectivity index (χ1v) is 11.5. The Morgan fingerprint density at radius 1 is 0.348 bits per heavy atom. The molecule has 0 bridgehead atoms. The van der Waals surface area contributed by atoms with Crippen LogP contribution in [0.15, 0.2) is 0 Å². The number of aliphatic carboxylic acids is 4. The van der Waals surface area contributed by atoms with Gasteiger partial charge in [0.1, 0.15) is 73.2 Å². The summed E-state index contributed by atoms with van der Waals surface area (Å²) in [4.78, 5) is 39.4. The zero-order valence-corrected chi connectivity index (χ0v) is 28.0. The predicted molar refractivity (Wildman–Crippen MR) is 132 cm³/mol. The fourth-order valence-corrected chi connectivity index (χ4v) is 1.83. The van der Waals surface area contributed by atoms with Gasteiger partial charge in [-0.1, -0.05) is 0 Å². The number of aliphatic hydroxyl groups is 16. The van der Waals surface area contributed by atoms with Gasteiger partial charge in [-0.25, -0.2) is 0 Å². The van der Waals surface area contributed by atoms with E-state index in [0.29, 0.717) is 0 Å². The number of hydrogen-bond donors (Lipinski definition) is 16. The molecule has 26 heteroatoms. The van der Waals surface area contributed by atoms with Gasteiger partial charge in [0.25, 0.3) is 0 Å². The normalized spacial score (nSPS) is 18.1. The molecule has 0 aromatic heterocycles. The van der Waals surface area contributed by atoms with E-state index in [1.165, 1.54) is 0 Å². The number of hydrogen-bond acceptors (Lipinski definition) is 24. The fourth-order valence-electron chi connectivity index (χ4n) is 1.83.